The largest absolute Gasteiger partial charge is 0.491 e. The summed E-state index contributed by atoms with van der Waals surface area (Å²) in [6.45, 7) is 14.0. The van der Waals surface area contributed by atoms with Gasteiger partial charge in [-0.15, -0.1) is 0 Å². The van der Waals surface area contributed by atoms with Crippen LogP contribution in [0.4, 0.5) is 4.79 Å². The molecule has 3 aromatic carbocycles. The molecule has 1 heterocycles. The highest BCUT2D eigenvalue weighted by Gasteiger charge is 2.34. The molecule has 0 atom stereocenters. The van der Waals surface area contributed by atoms with E-state index in [0.29, 0.717) is 29.8 Å². The van der Waals surface area contributed by atoms with Crippen LogP contribution in [0, 0.1) is 6.92 Å². The van der Waals surface area contributed by atoms with E-state index in [1.54, 1.807) is 6.08 Å². The van der Waals surface area contributed by atoms with Crippen molar-refractivity contribution in [3.8, 4) is 17.2 Å². The Morgan fingerprint density at radius 1 is 0.854 bits per heavy atom. The van der Waals surface area contributed by atoms with Crippen molar-refractivity contribution in [3.05, 3.63) is 93.9 Å². The number of aryl methyl sites for hydroxylation is 1. The number of hydrogen-bond acceptors (Lipinski definition) is 6. The van der Waals surface area contributed by atoms with Crippen molar-refractivity contribution in [3.63, 3.8) is 0 Å². The third-order valence-corrected chi connectivity index (χ3v) is 7.64. The van der Waals surface area contributed by atoms with Crippen molar-refractivity contribution in [1.29, 1.82) is 0 Å². The molecular weight excluding hydrogens is 534 g/mol. The molecule has 1 aliphatic heterocycles. The van der Waals surface area contributed by atoms with Crippen LogP contribution in [0.5, 0.6) is 17.2 Å². The van der Waals surface area contributed by atoms with E-state index in [0.717, 1.165) is 40.0 Å². The van der Waals surface area contributed by atoms with Crippen molar-refractivity contribution in [2.75, 3.05) is 26.4 Å². The van der Waals surface area contributed by atoms with Crippen LogP contribution < -0.4 is 14.2 Å². The molecule has 6 nitrogen and oxygen atoms in total. The Bertz CT molecular complexity index is 1410. The van der Waals surface area contributed by atoms with Crippen molar-refractivity contribution in [2.45, 2.75) is 52.9 Å². The molecule has 0 aliphatic carbocycles. The van der Waals surface area contributed by atoms with E-state index in [9.17, 15) is 9.59 Å². The zero-order valence-corrected chi connectivity index (χ0v) is 25.5. The van der Waals surface area contributed by atoms with Crippen LogP contribution in [0.15, 0.2) is 71.6 Å². The standard InChI is InChI=1S/C34H39NO5S/c1-23(2)29-15-10-24(3)20-30(29)40-17-16-35-32(36)31(41-33(35)37)22-25-8-7-9-28(21-25)39-19-18-38-27-13-11-26(12-14-27)34(4,5)6/h7-15,20-23H,16-19H2,1-6H3/b31-22-. The van der Waals surface area contributed by atoms with Crippen molar-refractivity contribution in [2.24, 2.45) is 0 Å². The van der Waals surface area contributed by atoms with Gasteiger partial charge in [0.15, 0.2) is 0 Å². The molecule has 0 spiro atoms. The number of amides is 2. The summed E-state index contributed by atoms with van der Waals surface area (Å²) in [7, 11) is 0. The normalized spacial score (nSPS) is 14.7. The Balaban J connectivity index is 1.29. The molecular formula is C34H39NO5S. The highest BCUT2D eigenvalue weighted by atomic mass is 32.2. The van der Waals surface area contributed by atoms with Crippen LogP contribution in [0.1, 0.15) is 62.8 Å². The van der Waals surface area contributed by atoms with E-state index < -0.39 is 0 Å². The van der Waals surface area contributed by atoms with E-state index >= 15 is 0 Å². The minimum atomic E-state index is -0.311. The average Bonchev–Trinajstić information content (AvgIpc) is 3.18. The summed E-state index contributed by atoms with van der Waals surface area (Å²) in [5, 5.41) is -0.293. The van der Waals surface area contributed by atoms with E-state index in [4.69, 9.17) is 14.2 Å². The fourth-order valence-electron chi connectivity index (χ4n) is 4.40. The molecule has 41 heavy (non-hydrogen) atoms. The maximum absolute atomic E-state index is 13.0. The second-order valence-electron chi connectivity index (χ2n) is 11.4. The van der Waals surface area contributed by atoms with E-state index in [1.807, 2.05) is 49.4 Å². The summed E-state index contributed by atoms with van der Waals surface area (Å²) >= 11 is 0.943. The number of thioether (sulfide) groups is 1. The maximum atomic E-state index is 13.0. The Morgan fingerprint density at radius 2 is 1.56 bits per heavy atom. The monoisotopic (exact) mass is 573 g/mol. The number of carbonyl (C=O) groups excluding carboxylic acids is 2. The number of rotatable bonds is 11. The van der Waals surface area contributed by atoms with E-state index in [-0.39, 0.29) is 29.7 Å². The third-order valence-electron chi connectivity index (χ3n) is 6.73. The number of imide groups is 1. The average molecular weight is 574 g/mol. The lowest BCUT2D eigenvalue weighted by molar-refractivity contribution is -0.123. The van der Waals surface area contributed by atoms with E-state index in [1.165, 1.54) is 10.5 Å². The Morgan fingerprint density at radius 3 is 2.24 bits per heavy atom. The lowest BCUT2D eigenvalue weighted by Crippen LogP contribution is -2.32. The summed E-state index contributed by atoms with van der Waals surface area (Å²) in [6, 6.07) is 21.7. The van der Waals surface area contributed by atoms with Crippen molar-refractivity contribution < 1.29 is 23.8 Å². The number of ether oxygens (including phenoxy) is 3. The zero-order valence-electron chi connectivity index (χ0n) is 24.7. The molecule has 0 N–H and O–H groups in total. The third kappa shape index (κ3) is 8.17. The molecule has 1 aliphatic rings. The van der Waals surface area contributed by atoms with Gasteiger partial charge in [-0.05, 0) is 88.7 Å². The van der Waals surface area contributed by atoms with Crippen LogP contribution in [0.2, 0.25) is 0 Å². The molecule has 0 unspecified atom stereocenters. The molecule has 1 fully saturated rings. The molecule has 1 saturated heterocycles. The first-order valence-electron chi connectivity index (χ1n) is 14.0. The molecule has 0 saturated carbocycles. The van der Waals surface area contributed by atoms with Gasteiger partial charge in [0, 0.05) is 0 Å². The SMILES string of the molecule is Cc1ccc(C(C)C)c(OCCN2C(=O)S/C(=C\c3cccc(OCCOc4ccc(C(C)(C)C)cc4)c3)C2=O)c1. The second kappa shape index (κ2) is 13.3. The Kier molecular flexibility index (Phi) is 9.81. The topological polar surface area (TPSA) is 65.1 Å². The van der Waals surface area contributed by atoms with Gasteiger partial charge in [-0.3, -0.25) is 14.5 Å². The van der Waals surface area contributed by atoms with E-state index in [2.05, 4.69) is 58.9 Å². The molecule has 2 amide bonds. The van der Waals surface area contributed by atoms with Gasteiger partial charge in [-0.1, -0.05) is 71.0 Å². The summed E-state index contributed by atoms with van der Waals surface area (Å²) < 4.78 is 17.7. The van der Waals surface area contributed by atoms with Gasteiger partial charge < -0.3 is 14.2 Å². The molecule has 4 rings (SSSR count). The molecule has 0 radical (unpaired) electrons. The minimum absolute atomic E-state index is 0.100. The zero-order chi connectivity index (χ0) is 29.6. The van der Waals surface area contributed by atoms with Gasteiger partial charge in [-0.2, -0.15) is 0 Å². The number of carbonyl (C=O) groups is 2. The minimum Gasteiger partial charge on any atom is -0.491 e. The molecule has 7 heteroatoms. The first kappa shape index (κ1) is 30.3. The second-order valence-corrected chi connectivity index (χ2v) is 12.4. The predicted molar refractivity (Wildman–Crippen MR) is 166 cm³/mol. The first-order chi connectivity index (χ1) is 19.5. The fraction of sp³-hybridized carbons (Fsp3) is 0.353. The van der Waals surface area contributed by atoms with Crippen LogP contribution >= 0.6 is 11.8 Å². The highest BCUT2D eigenvalue weighted by Crippen LogP contribution is 2.33. The van der Waals surface area contributed by atoms with Gasteiger partial charge in [0.25, 0.3) is 11.1 Å². The van der Waals surface area contributed by atoms with Crippen LogP contribution in [0.3, 0.4) is 0 Å². The quantitative estimate of drug-likeness (QED) is 0.171. The first-order valence-corrected chi connectivity index (χ1v) is 14.8. The van der Waals surface area contributed by atoms with Gasteiger partial charge in [0.05, 0.1) is 11.4 Å². The Labute approximate surface area is 247 Å². The summed E-state index contributed by atoms with van der Waals surface area (Å²) in [6.07, 6.45) is 1.73. The maximum Gasteiger partial charge on any atom is 0.293 e. The highest BCUT2D eigenvalue weighted by molar-refractivity contribution is 8.18. The smallest absolute Gasteiger partial charge is 0.293 e. The summed E-state index contributed by atoms with van der Waals surface area (Å²) in [5.74, 6) is 2.26. The predicted octanol–water partition coefficient (Wildman–Crippen LogP) is 7.99. The summed E-state index contributed by atoms with van der Waals surface area (Å²) in [5.41, 5.74) is 4.34. The number of benzene rings is 3. The Hall–Kier alpha value is -3.71. The molecule has 216 valence electrons. The van der Waals surface area contributed by atoms with Crippen LogP contribution in [-0.2, 0) is 10.2 Å². The summed E-state index contributed by atoms with van der Waals surface area (Å²) in [4.78, 5) is 27.3. The van der Waals surface area contributed by atoms with Gasteiger partial charge >= 0.3 is 0 Å². The molecule has 0 aromatic heterocycles. The number of nitrogens with zero attached hydrogens (tertiary/aromatic N) is 1. The van der Waals surface area contributed by atoms with Crippen molar-refractivity contribution in [1.82, 2.24) is 4.90 Å². The van der Waals surface area contributed by atoms with Crippen LogP contribution in [-0.4, -0.2) is 42.4 Å². The molecule has 0 bridgehead atoms. The number of hydrogen-bond donors (Lipinski definition) is 0. The van der Waals surface area contributed by atoms with Crippen LogP contribution in [0.25, 0.3) is 6.08 Å². The van der Waals surface area contributed by atoms with Gasteiger partial charge in [0.1, 0.15) is 37.1 Å². The fourth-order valence-corrected chi connectivity index (χ4v) is 5.26. The van der Waals surface area contributed by atoms with Gasteiger partial charge in [0.2, 0.25) is 0 Å². The lowest BCUT2D eigenvalue weighted by atomic mass is 9.87. The lowest BCUT2D eigenvalue weighted by Gasteiger charge is -2.19. The molecule has 3 aromatic rings. The van der Waals surface area contributed by atoms with Crippen molar-refractivity contribution >= 4 is 29.0 Å². The van der Waals surface area contributed by atoms with Gasteiger partial charge in [-0.25, -0.2) is 0 Å².